The average molecular weight is 878 g/mol. The first-order chi connectivity index (χ1) is 29.9. The molecule has 1 saturated carbocycles. The summed E-state index contributed by atoms with van der Waals surface area (Å²) in [6.07, 6.45) is 6.64. The van der Waals surface area contributed by atoms with Gasteiger partial charge in [-0.1, -0.05) is 84.9 Å². The molecular weight excluding hydrogens is 827 g/mol. The van der Waals surface area contributed by atoms with Crippen LogP contribution < -0.4 is 19.5 Å². The summed E-state index contributed by atoms with van der Waals surface area (Å²) in [5.41, 5.74) is 8.31. The van der Waals surface area contributed by atoms with E-state index < -0.39 is 30.1 Å². The molecule has 2 aliphatic heterocycles. The van der Waals surface area contributed by atoms with Gasteiger partial charge in [0.1, 0.15) is 31.0 Å². The second-order valence-electron chi connectivity index (χ2n) is 16.5. The van der Waals surface area contributed by atoms with E-state index in [2.05, 4.69) is 10.3 Å². The maximum absolute atomic E-state index is 14.4. The Morgan fingerprint density at radius 1 is 0.903 bits per heavy atom. The number of aromatic nitrogens is 1. The van der Waals surface area contributed by atoms with Crippen LogP contribution >= 0.6 is 23.2 Å². The molecule has 3 heterocycles. The number of aryl methyl sites for hydroxylation is 1. The van der Waals surface area contributed by atoms with E-state index in [1.165, 1.54) is 0 Å². The monoisotopic (exact) mass is 876 g/mol. The molecule has 11 nitrogen and oxygen atoms in total. The fourth-order valence-corrected chi connectivity index (χ4v) is 8.95. The first-order valence-electron chi connectivity index (χ1n) is 21.1. The van der Waals surface area contributed by atoms with Crippen molar-refractivity contribution in [2.75, 3.05) is 13.7 Å². The molecule has 3 atom stereocenters. The highest BCUT2D eigenvalue weighted by atomic mass is 35.5. The molecule has 0 spiro atoms. The molecule has 0 saturated heterocycles. The number of carbonyl (C=O) groups excluding carboxylic acids is 2. The Bertz CT molecular complexity index is 2460. The van der Waals surface area contributed by atoms with Gasteiger partial charge in [-0.2, -0.15) is 0 Å². The summed E-state index contributed by atoms with van der Waals surface area (Å²) < 4.78 is 18.8. The highest BCUT2D eigenvalue weighted by Gasteiger charge is 2.40. The van der Waals surface area contributed by atoms with Crippen LogP contribution in [0.25, 0.3) is 11.1 Å². The zero-order chi connectivity index (χ0) is 43.5. The summed E-state index contributed by atoms with van der Waals surface area (Å²) >= 11 is 12.2. The summed E-state index contributed by atoms with van der Waals surface area (Å²) in [4.78, 5) is 49.1. The predicted molar refractivity (Wildman–Crippen MR) is 238 cm³/mol. The number of nitrogens with zero attached hydrogens (tertiary/aromatic N) is 3. The predicted octanol–water partition coefficient (Wildman–Crippen LogP) is 9.69. The molecular formula is C49H50Cl2N4O7. The number of rotatable bonds is 11. The maximum atomic E-state index is 14.4. The third kappa shape index (κ3) is 9.49. The zero-order valence-corrected chi connectivity index (χ0v) is 36.5. The van der Waals surface area contributed by atoms with Crippen LogP contribution in [0.4, 0.5) is 4.79 Å². The van der Waals surface area contributed by atoms with E-state index in [1.807, 2.05) is 86.6 Å². The van der Waals surface area contributed by atoms with Gasteiger partial charge in [0.2, 0.25) is 5.91 Å². The van der Waals surface area contributed by atoms with Crippen molar-refractivity contribution in [2.45, 2.75) is 96.2 Å². The Kier molecular flexibility index (Phi) is 12.9. The molecule has 0 bridgehead atoms. The molecule has 1 aliphatic carbocycles. The molecule has 3 amide bonds. The largest absolute Gasteiger partial charge is 0.489 e. The Labute approximate surface area is 371 Å². The topological polar surface area (TPSA) is 131 Å². The van der Waals surface area contributed by atoms with Crippen LogP contribution in [-0.2, 0) is 35.6 Å². The molecule has 1 fully saturated rings. The second-order valence-corrected chi connectivity index (χ2v) is 17.3. The van der Waals surface area contributed by atoms with Gasteiger partial charge in [0.25, 0.3) is 0 Å². The highest BCUT2D eigenvalue weighted by Crippen LogP contribution is 2.41. The van der Waals surface area contributed by atoms with Crippen molar-refractivity contribution >= 4 is 41.1 Å². The van der Waals surface area contributed by atoms with Crippen LogP contribution in [-0.4, -0.2) is 69.6 Å². The molecule has 4 aromatic carbocycles. The third-order valence-electron chi connectivity index (χ3n) is 12.4. The minimum Gasteiger partial charge on any atom is -0.489 e. The van der Waals surface area contributed by atoms with Crippen molar-refractivity contribution in [1.82, 2.24) is 20.1 Å². The van der Waals surface area contributed by atoms with Crippen molar-refractivity contribution in [1.29, 1.82) is 0 Å². The van der Waals surface area contributed by atoms with E-state index in [4.69, 9.17) is 37.4 Å². The third-order valence-corrected chi connectivity index (χ3v) is 13.2. The van der Waals surface area contributed by atoms with Crippen LogP contribution in [0.2, 0.25) is 10.0 Å². The van der Waals surface area contributed by atoms with Crippen LogP contribution in [0, 0.1) is 13.8 Å². The van der Waals surface area contributed by atoms with Gasteiger partial charge < -0.3 is 34.4 Å². The fourth-order valence-electron chi connectivity index (χ4n) is 8.63. The molecule has 1 aromatic heterocycles. The summed E-state index contributed by atoms with van der Waals surface area (Å²) in [6.45, 7) is 4.73. The standard InChI is InChI=1S/C49H50Cl2N4O7/c1-29-30(2)52-20-19-39(29)33-12-9-31(10-13-33)22-42(48(57)58)53-47(56)43-23-35-24-44-45(25-36(35)26-55(43)49(59)54(3)37-7-5-4-6-8-37)62-46(28-61-44)34-14-16-38(17-15-34)60-27-32-11-18-40(50)41(51)21-32/h9-21,24-25,37,42-43,46H,4-8,22-23,26-28H2,1-3H3,(H,53,56)(H,57,58)/t42-,43-,46+/m0/s1. The molecule has 8 rings (SSSR count). The number of pyridine rings is 1. The lowest BCUT2D eigenvalue weighted by atomic mass is 9.91. The normalized spacial score (nSPS) is 17.7. The Morgan fingerprint density at radius 3 is 2.35 bits per heavy atom. The summed E-state index contributed by atoms with van der Waals surface area (Å²) in [5.74, 6) is 0.0947. The van der Waals surface area contributed by atoms with Crippen LogP contribution in [0.1, 0.15) is 77.3 Å². The van der Waals surface area contributed by atoms with E-state index in [9.17, 15) is 19.5 Å². The van der Waals surface area contributed by atoms with Gasteiger partial charge in [-0.3, -0.25) is 9.78 Å². The Balaban J connectivity index is 0.984. The number of benzene rings is 4. The van der Waals surface area contributed by atoms with Gasteiger partial charge in [0.15, 0.2) is 17.6 Å². The first kappa shape index (κ1) is 42.9. The minimum absolute atomic E-state index is 0.0599. The van der Waals surface area contributed by atoms with E-state index in [0.29, 0.717) is 33.9 Å². The lowest BCUT2D eigenvalue weighted by Gasteiger charge is -2.41. The lowest BCUT2D eigenvalue weighted by molar-refractivity contribution is -0.142. The van der Waals surface area contributed by atoms with Crippen molar-refractivity contribution < 1.29 is 33.7 Å². The van der Waals surface area contributed by atoms with Gasteiger partial charge in [0.05, 0.1) is 10.0 Å². The fraction of sp³-hybridized carbons (Fsp3) is 0.347. The number of fused-ring (bicyclic) bond motifs is 2. The van der Waals surface area contributed by atoms with Gasteiger partial charge >= 0.3 is 12.0 Å². The Morgan fingerprint density at radius 2 is 1.63 bits per heavy atom. The summed E-state index contributed by atoms with van der Waals surface area (Å²) in [7, 11) is 1.80. The summed E-state index contributed by atoms with van der Waals surface area (Å²) in [6, 6.07) is 24.1. The van der Waals surface area contributed by atoms with Crippen molar-refractivity contribution in [3.63, 3.8) is 0 Å². The smallest absolute Gasteiger partial charge is 0.326 e. The van der Waals surface area contributed by atoms with Crippen LogP contribution in [0.15, 0.2) is 91.1 Å². The number of halogens is 2. The number of hydrogen-bond acceptors (Lipinski definition) is 7. The number of nitrogens with one attached hydrogen (secondary N) is 1. The van der Waals surface area contributed by atoms with Crippen molar-refractivity contribution in [3.05, 3.63) is 140 Å². The molecule has 0 unspecified atom stereocenters. The Hall–Kier alpha value is -5.78. The highest BCUT2D eigenvalue weighted by molar-refractivity contribution is 6.42. The number of urea groups is 1. The van der Waals surface area contributed by atoms with E-state index in [0.717, 1.165) is 82.3 Å². The van der Waals surface area contributed by atoms with Crippen molar-refractivity contribution in [2.24, 2.45) is 0 Å². The molecule has 5 aromatic rings. The van der Waals surface area contributed by atoms with E-state index in [1.54, 1.807) is 35.2 Å². The van der Waals surface area contributed by atoms with E-state index in [-0.39, 0.29) is 38.1 Å². The minimum atomic E-state index is -1.21. The molecule has 62 heavy (non-hydrogen) atoms. The first-order valence-corrected chi connectivity index (χ1v) is 21.9. The number of carbonyl (C=O) groups is 3. The molecule has 13 heteroatoms. The number of carboxylic acid groups (broad SMARTS) is 1. The van der Waals surface area contributed by atoms with Crippen LogP contribution in [0.5, 0.6) is 17.2 Å². The number of hydrogen-bond donors (Lipinski definition) is 2. The summed E-state index contributed by atoms with van der Waals surface area (Å²) in [5, 5.41) is 14.1. The number of amides is 3. The van der Waals surface area contributed by atoms with Gasteiger partial charge in [-0.25, -0.2) is 9.59 Å². The van der Waals surface area contributed by atoms with Crippen LogP contribution in [0.3, 0.4) is 0 Å². The van der Waals surface area contributed by atoms with E-state index >= 15 is 0 Å². The molecule has 2 N–H and O–H groups in total. The van der Waals surface area contributed by atoms with Gasteiger partial charge in [-0.05, 0) is 114 Å². The SMILES string of the molecule is Cc1nccc(-c2ccc(C[C@H](NC(=O)[C@@H]3Cc4cc5c(cc4CN3C(=O)N(C)C3CCCCC3)O[C@@H](c3ccc(OCc4ccc(Cl)c(Cl)c4)cc3)CO5)C(=O)O)cc2)c1C. The number of aliphatic carboxylic acids is 1. The second kappa shape index (κ2) is 18.7. The maximum Gasteiger partial charge on any atom is 0.326 e. The van der Waals surface area contributed by atoms with Crippen molar-refractivity contribution in [3.8, 4) is 28.4 Å². The zero-order valence-electron chi connectivity index (χ0n) is 35.0. The van der Waals surface area contributed by atoms with Gasteiger partial charge in [-0.15, -0.1) is 0 Å². The molecule has 322 valence electrons. The number of ether oxygens (including phenoxy) is 3. The number of carboxylic acids is 1. The lowest BCUT2D eigenvalue weighted by Crippen LogP contribution is -2.59. The molecule has 3 aliphatic rings. The molecule has 0 radical (unpaired) electrons. The van der Waals surface area contributed by atoms with Gasteiger partial charge in [0, 0.05) is 44.4 Å². The quantitative estimate of drug-likeness (QED) is 0.134. The average Bonchev–Trinajstić information content (AvgIpc) is 3.29.